The van der Waals surface area contributed by atoms with Crippen molar-refractivity contribution in [2.45, 2.75) is 33.2 Å². The largest absolute Gasteiger partial charge is 0.354 e. The van der Waals surface area contributed by atoms with Crippen LogP contribution < -0.4 is 11.1 Å². The minimum atomic E-state index is -2.65. The Balaban J connectivity index is 2.38. The highest BCUT2D eigenvalue weighted by Gasteiger charge is 2.16. The summed E-state index contributed by atoms with van der Waals surface area (Å²) < 4.78 is 27.9. The normalized spacial score (nSPS) is 11.2. The molecule has 0 bridgehead atoms. The lowest BCUT2D eigenvalue weighted by atomic mass is 10.1. The van der Waals surface area contributed by atoms with E-state index >= 15 is 0 Å². The predicted octanol–water partition coefficient (Wildman–Crippen LogP) is 2.37. The van der Waals surface area contributed by atoms with Gasteiger partial charge in [0.1, 0.15) is 5.69 Å². The van der Waals surface area contributed by atoms with E-state index in [-0.39, 0.29) is 11.6 Å². The number of hydrogen-bond acceptors (Lipinski definition) is 5. The minimum absolute atomic E-state index is 0.185. The van der Waals surface area contributed by atoms with E-state index in [1.54, 1.807) is 10.9 Å². The lowest BCUT2D eigenvalue weighted by Gasteiger charge is -2.09. The standard InChI is InChI=1S/C14H20F2N6/c1-3-22-9(2)10(8-19-22)11-7-12(13(15)16)21-14(20-11)18-6-4-5-17/h7-8,13H,3-6,17H2,1-2H3,(H,18,20,21). The molecule has 0 unspecified atom stereocenters. The fraction of sp³-hybridized carbons (Fsp3) is 0.500. The molecule has 0 aliphatic carbocycles. The van der Waals surface area contributed by atoms with Crippen LogP contribution in [0.5, 0.6) is 0 Å². The van der Waals surface area contributed by atoms with Crippen LogP contribution in [0.25, 0.3) is 11.3 Å². The van der Waals surface area contributed by atoms with Crippen LogP contribution in [0.2, 0.25) is 0 Å². The van der Waals surface area contributed by atoms with Gasteiger partial charge in [-0.2, -0.15) is 5.10 Å². The van der Waals surface area contributed by atoms with Crippen molar-refractivity contribution in [2.24, 2.45) is 5.73 Å². The molecule has 0 radical (unpaired) electrons. The van der Waals surface area contributed by atoms with Gasteiger partial charge in [0.15, 0.2) is 0 Å². The maximum atomic E-state index is 13.0. The quantitative estimate of drug-likeness (QED) is 0.767. The van der Waals surface area contributed by atoms with Crippen molar-refractivity contribution in [1.82, 2.24) is 19.7 Å². The van der Waals surface area contributed by atoms with Crippen LogP contribution >= 0.6 is 0 Å². The van der Waals surface area contributed by atoms with E-state index in [2.05, 4.69) is 20.4 Å². The number of anilines is 1. The minimum Gasteiger partial charge on any atom is -0.354 e. The van der Waals surface area contributed by atoms with E-state index in [9.17, 15) is 8.78 Å². The highest BCUT2D eigenvalue weighted by molar-refractivity contribution is 5.62. The highest BCUT2D eigenvalue weighted by Crippen LogP contribution is 2.26. The molecule has 22 heavy (non-hydrogen) atoms. The number of nitrogens with one attached hydrogen (secondary N) is 1. The first-order valence-corrected chi connectivity index (χ1v) is 7.20. The average Bonchev–Trinajstić information content (AvgIpc) is 2.88. The molecule has 0 aliphatic heterocycles. The summed E-state index contributed by atoms with van der Waals surface area (Å²) in [5.74, 6) is 0.185. The summed E-state index contributed by atoms with van der Waals surface area (Å²) in [6, 6.07) is 1.31. The monoisotopic (exact) mass is 310 g/mol. The zero-order chi connectivity index (χ0) is 16.1. The Morgan fingerprint density at radius 3 is 2.73 bits per heavy atom. The second-order valence-corrected chi connectivity index (χ2v) is 4.83. The average molecular weight is 310 g/mol. The molecule has 3 N–H and O–H groups in total. The first-order chi connectivity index (χ1) is 10.6. The van der Waals surface area contributed by atoms with Crippen molar-refractivity contribution in [1.29, 1.82) is 0 Å². The van der Waals surface area contributed by atoms with Gasteiger partial charge in [-0.25, -0.2) is 18.7 Å². The number of alkyl halides is 2. The Kier molecular flexibility index (Phi) is 5.37. The molecule has 0 amide bonds. The molecule has 0 saturated carbocycles. The second kappa shape index (κ2) is 7.26. The molecule has 6 nitrogen and oxygen atoms in total. The van der Waals surface area contributed by atoms with Crippen LogP contribution in [-0.4, -0.2) is 32.8 Å². The summed E-state index contributed by atoms with van der Waals surface area (Å²) in [6.45, 7) is 5.61. The van der Waals surface area contributed by atoms with Crippen molar-refractivity contribution in [3.63, 3.8) is 0 Å². The van der Waals surface area contributed by atoms with Gasteiger partial charge in [-0.15, -0.1) is 0 Å². The lowest BCUT2D eigenvalue weighted by molar-refractivity contribution is 0.146. The van der Waals surface area contributed by atoms with Gasteiger partial charge >= 0.3 is 0 Å². The van der Waals surface area contributed by atoms with E-state index in [0.717, 1.165) is 11.3 Å². The number of aromatic nitrogens is 4. The third-order valence-electron chi connectivity index (χ3n) is 3.31. The molecule has 0 saturated heterocycles. The molecule has 8 heteroatoms. The number of rotatable bonds is 7. The summed E-state index contributed by atoms with van der Waals surface area (Å²) in [5, 5.41) is 7.15. The van der Waals surface area contributed by atoms with Crippen LogP contribution in [0.15, 0.2) is 12.3 Å². The van der Waals surface area contributed by atoms with Crippen molar-refractivity contribution in [3.05, 3.63) is 23.7 Å². The molecule has 0 atom stereocenters. The third-order valence-corrected chi connectivity index (χ3v) is 3.31. The first kappa shape index (κ1) is 16.3. The van der Waals surface area contributed by atoms with E-state index in [4.69, 9.17) is 5.73 Å². The number of nitrogens with two attached hydrogens (primary N) is 1. The second-order valence-electron chi connectivity index (χ2n) is 4.83. The fourth-order valence-electron chi connectivity index (χ4n) is 2.11. The van der Waals surface area contributed by atoms with Crippen LogP contribution in [0.3, 0.4) is 0 Å². The van der Waals surface area contributed by atoms with Gasteiger partial charge in [0, 0.05) is 24.3 Å². The lowest BCUT2D eigenvalue weighted by Crippen LogP contribution is -2.11. The van der Waals surface area contributed by atoms with Crippen molar-refractivity contribution in [3.8, 4) is 11.3 Å². The zero-order valence-electron chi connectivity index (χ0n) is 12.7. The molecule has 0 spiro atoms. The summed E-state index contributed by atoms with van der Waals surface area (Å²) in [6.07, 6.45) is -0.303. The fourth-order valence-corrected chi connectivity index (χ4v) is 2.11. The molecular weight excluding hydrogens is 290 g/mol. The first-order valence-electron chi connectivity index (χ1n) is 7.20. The Morgan fingerprint density at radius 2 is 2.14 bits per heavy atom. The van der Waals surface area contributed by atoms with Gasteiger partial charge in [-0.3, -0.25) is 4.68 Å². The van der Waals surface area contributed by atoms with Gasteiger partial charge in [0.2, 0.25) is 5.95 Å². The van der Waals surface area contributed by atoms with E-state index in [0.29, 0.717) is 31.7 Å². The van der Waals surface area contributed by atoms with E-state index < -0.39 is 6.43 Å². The van der Waals surface area contributed by atoms with Crippen LogP contribution in [0.4, 0.5) is 14.7 Å². The summed E-state index contributed by atoms with van der Waals surface area (Å²) in [4.78, 5) is 8.16. The summed E-state index contributed by atoms with van der Waals surface area (Å²) in [5.41, 5.74) is 7.17. The number of aryl methyl sites for hydroxylation is 1. The number of halogens is 2. The van der Waals surface area contributed by atoms with E-state index in [1.165, 1.54) is 6.07 Å². The Labute approximate surface area is 127 Å². The Bertz CT molecular complexity index is 626. The SMILES string of the molecule is CCn1ncc(-c2cc(C(F)F)nc(NCCCN)n2)c1C. The molecule has 120 valence electrons. The Morgan fingerprint density at radius 1 is 1.36 bits per heavy atom. The van der Waals surface area contributed by atoms with E-state index in [1.807, 2.05) is 13.8 Å². The van der Waals surface area contributed by atoms with Crippen LogP contribution in [0, 0.1) is 6.92 Å². The van der Waals surface area contributed by atoms with Gasteiger partial charge < -0.3 is 11.1 Å². The van der Waals surface area contributed by atoms with Gasteiger partial charge in [-0.05, 0) is 32.9 Å². The summed E-state index contributed by atoms with van der Waals surface area (Å²) in [7, 11) is 0. The smallest absolute Gasteiger partial charge is 0.280 e. The molecule has 0 aromatic carbocycles. The maximum Gasteiger partial charge on any atom is 0.280 e. The molecular formula is C14H20F2N6. The van der Waals surface area contributed by atoms with Crippen molar-refractivity contribution < 1.29 is 8.78 Å². The molecule has 0 fully saturated rings. The van der Waals surface area contributed by atoms with Gasteiger partial charge in [0.05, 0.1) is 11.9 Å². The van der Waals surface area contributed by atoms with Crippen molar-refractivity contribution >= 4 is 5.95 Å². The molecule has 2 heterocycles. The van der Waals surface area contributed by atoms with Gasteiger partial charge in [-0.1, -0.05) is 0 Å². The topological polar surface area (TPSA) is 81.7 Å². The molecule has 2 rings (SSSR count). The van der Waals surface area contributed by atoms with Crippen molar-refractivity contribution in [2.75, 3.05) is 18.4 Å². The molecule has 2 aromatic rings. The molecule has 0 aliphatic rings. The van der Waals surface area contributed by atoms with Gasteiger partial charge in [0.25, 0.3) is 6.43 Å². The predicted molar refractivity (Wildman–Crippen MR) is 80.8 cm³/mol. The number of hydrogen-bond donors (Lipinski definition) is 2. The number of nitrogens with zero attached hydrogens (tertiary/aromatic N) is 4. The van der Waals surface area contributed by atoms with Crippen LogP contribution in [0.1, 0.15) is 31.2 Å². The highest BCUT2D eigenvalue weighted by atomic mass is 19.3. The maximum absolute atomic E-state index is 13.0. The summed E-state index contributed by atoms with van der Waals surface area (Å²) >= 11 is 0. The third kappa shape index (κ3) is 3.56. The zero-order valence-corrected chi connectivity index (χ0v) is 12.7. The Hall–Kier alpha value is -2.09. The van der Waals surface area contributed by atoms with Crippen LogP contribution in [-0.2, 0) is 6.54 Å². The molecule has 2 aromatic heterocycles.